The third kappa shape index (κ3) is 5.71. The van der Waals surface area contributed by atoms with E-state index in [1.54, 1.807) is 0 Å². The summed E-state index contributed by atoms with van der Waals surface area (Å²) in [6.45, 7) is -0.204. The lowest BCUT2D eigenvalue weighted by Crippen LogP contribution is -2.22. The zero-order valence-electron chi connectivity index (χ0n) is 15.8. The van der Waals surface area contributed by atoms with Crippen molar-refractivity contribution in [2.24, 2.45) is 0 Å². The van der Waals surface area contributed by atoms with E-state index in [1.165, 1.54) is 38.5 Å². The first-order valence-electron chi connectivity index (χ1n) is 8.38. The van der Waals surface area contributed by atoms with E-state index in [1.807, 2.05) is 0 Å². The van der Waals surface area contributed by atoms with E-state index in [9.17, 15) is 31.1 Å². The van der Waals surface area contributed by atoms with Crippen LogP contribution in [0.1, 0.15) is 21.5 Å². The Morgan fingerprint density at radius 1 is 0.867 bits per heavy atom. The van der Waals surface area contributed by atoms with Gasteiger partial charge >= 0.3 is 12.4 Å². The minimum Gasteiger partial charge on any atom is -0.497 e. The highest BCUT2D eigenvalue weighted by molar-refractivity contribution is 7.78. The van der Waals surface area contributed by atoms with Crippen LogP contribution in [0, 0.1) is 0 Å². The van der Waals surface area contributed by atoms with Gasteiger partial charge in [-0.25, -0.2) is 0 Å². The molecule has 164 valence electrons. The molecule has 0 saturated heterocycles. The number of hydrogen-bond acceptors (Lipinski definition) is 4. The summed E-state index contributed by atoms with van der Waals surface area (Å²) in [5.41, 5.74) is -6.19. The van der Waals surface area contributed by atoms with Gasteiger partial charge in [-0.1, -0.05) is 6.07 Å². The molecule has 0 bridgehead atoms. The lowest BCUT2D eigenvalue weighted by Gasteiger charge is -2.22. The minimum absolute atomic E-state index is 0.00465. The van der Waals surface area contributed by atoms with Gasteiger partial charge in [0.05, 0.1) is 31.5 Å². The van der Waals surface area contributed by atoms with Gasteiger partial charge in [0.25, 0.3) is 0 Å². The van der Waals surface area contributed by atoms with E-state index < -0.39 is 42.7 Å². The lowest BCUT2D eigenvalue weighted by atomic mass is 10.0. The molecule has 0 radical (unpaired) electrons. The number of alkyl halides is 6. The van der Waals surface area contributed by atoms with Crippen molar-refractivity contribution in [2.45, 2.75) is 12.4 Å². The first-order chi connectivity index (χ1) is 14.0. The second-order valence-electron chi connectivity index (χ2n) is 5.85. The summed E-state index contributed by atoms with van der Waals surface area (Å²) >= 11 is 0. The zero-order valence-corrected chi connectivity index (χ0v) is 16.7. The molecule has 1 unspecified atom stereocenters. The summed E-state index contributed by atoms with van der Waals surface area (Å²) in [7, 11) is 0.194. The Labute approximate surface area is 169 Å². The number of carbonyl (C=O) groups excluding carboxylic acids is 1. The summed E-state index contributed by atoms with van der Waals surface area (Å²) in [6, 6.07) is 7.08. The molecule has 0 heterocycles. The fourth-order valence-corrected chi connectivity index (χ4v) is 4.16. The van der Waals surface area contributed by atoms with Crippen LogP contribution in [0.15, 0.2) is 42.5 Å². The van der Waals surface area contributed by atoms with Crippen molar-refractivity contribution < 1.29 is 45.1 Å². The highest BCUT2D eigenvalue weighted by Crippen LogP contribution is 2.47. The van der Waals surface area contributed by atoms with Gasteiger partial charge < -0.3 is 14.0 Å². The summed E-state index contributed by atoms with van der Waals surface area (Å²) in [6.07, 6.45) is -10.3. The maximum absolute atomic E-state index is 13.5. The number of methoxy groups -OCH3 is 2. The molecule has 0 spiro atoms. The average Bonchev–Trinajstić information content (AvgIpc) is 2.69. The van der Waals surface area contributed by atoms with Crippen LogP contribution in [0.5, 0.6) is 5.75 Å². The summed E-state index contributed by atoms with van der Waals surface area (Å²) in [5, 5.41) is 0.136. The van der Waals surface area contributed by atoms with Crippen molar-refractivity contribution in [3.05, 3.63) is 59.2 Å². The van der Waals surface area contributed by atoms with Gasteiger partial charge in [-0.3, -0.25) is 4.79 Å². The third-order valence-corrected chi connectivity index (χ3v) is 5.69. The molecule has 2 rings (SSSR count). The fraction of sp³-hybridized carbons (Fsp3) is 0.316. The maximum Gasteiger partial charge on any atom is 0.417 e. The molecule has 0 fully saturated rings. The Kier molecular flexibility index (Phi) is 7.85. The number of rotatable bonds is 8. The molecular weight excluding hydrogens is 437 g/mol. The molecule has 0 aliphatic carbocycles. The highest BCUT2D eigenvalue weighted by atomic mass is 31.1. The van der Waals surface area contributed by atoms with Crippen molar-refractivity contribution >= 4 is 19.0 Å². The summed E-state index contributed by atoms with van der Waals surface area (Å²) < 4.78 is 95.9. The third-order valence-electron chi connectivity index (χ3n) is 3.89. The first-order valence-corrected chi connectivity index (χ1v) is 9.64. The quantitative estimate of drug-likeness (QED) is 0.310. The van der Waals surface area contributed by atoms with Crippen LogP contribution >= 0.6 is 8.15 Å². The van der Waals surface area contributed by atoms with Crippen LogP contribution in [0.2, 0.25) is 0 Å². The molecule has 0 aromatic heterocycles. The van der Waals surface area contributed by atoms with Crippen molar-refractivity contribution in [3.8, 4) is 5.75 Å². The Morgan fingerprint density at radius 2 is 1.40 bits per heavy atom. The predicted molar refractivity (Wildman–Crippen MR) is 98.2 cm³/mol. The SMILES string of the molecule is COCCOP(C(=O)c1c(C(F)(F)F)cccc1C(F)(F)F)c1ccc(OC)cc1. The molecular formula is C19H17F6O4P. The van der Waals surface area contributed by atoms with Gasteiger partial charge in [0.2, 0.25) is 5.52 Å². The molecule has 0 saturated carbocycles. The van der Waals surface area contributed by atoms with Crippen molar-refractivity contribution in [2.75, 3.05) is 27.4 Å². The molecule has 2 aromatic carbocycles. The monoisotopic (exact) mass is 454 g/mol. The number of benzene rings is 2. The normalized spacial score (nSPS) is 13.2. The van der Waals surface area contributed by atoms with Crippen LogP contribution in [-0.4, -0.2) is 33.0 Å². The first kappa shape index (κ1) is 24.1. The molecule has 2 aromatic rings. The van der Waals surface area contributed by atoms with Crippen LogP contribution in [0.25, 0.3) is 0 Å². The fourth-order valence-electron chi connectivity index (χ4n) is 2.54. The van der Waals surface area contributed by atoms with Gasteiger partial charge in [0, 0.05) is 18.0 Å². The number of halogens is 6. The van der Waals surface area contributed by atoms with Crippen molar-refractivity contribution in [3.63, 3.8) is 0 Å². The van der Waals surface area contributed by atoms with Gasteiger partial charge in [-0.05, 0) is 36.4 Å². The predicted octanol–water partition coefficient (Wildman–Crippen LogP) is 5.26. The van der Waals surface area contributed by atoms with E-state index in [0.717, 1.165) is 0 Å². The second kappa shape index (κ2) is 9.76. The molecule has 1 atom stereocenters. The molecule has 11 heteroatoms. The molecule has 30 heavy (non-hydrogen) atoms. The number of ether oxygens (including phenoxy) is 2. The van der Waals surface area contributed by atoms with Crippen LogP contribution in [0.4, 0.5) is 26.3 Å². The number of carbonyl (C=O) groups is 1. The summed E-state index contributed by atoms with van der Waals surface area (Å²) in [4.78, 5) is 13.1. The van der Waals surface area contributed by atoms with E-state index in [2.05, 4.69) is 0 Å². The van der Waals surface area contributed by atoms with Gasteiger partial charge in [0.1, 0.15) is 13.9 Å². The van der Waals surface area contributed by atoms with E-state index in [4.69, 9.17) is 14.0 Å². The Hall–Kier alpha value is -2.16. The standard InChI is InChI=1S/C19H17F6O4P/c1-27-10-11-29-30(13-8-6-12(28-2)7-9-13)17(26)16-14(18(20,21)22)4-3-5-15(16)19(23,24)25/h3-9H,10-11H2,1-2H3. The second-order valence-corrected chi connectivity index (χ2v) is 7.62. The molecule has 0 N–H and O–H groups in total. The topological polar surface area (TPSA) is 44.8 Å². The Bertz CT molecular complexity index is 833. The molecule has 0 aliphatic heterocycles. The maximum atomic E-state index is 13.5. The Balaban J connectivity index is 2.63. The van der Waals surface area contributed by atoms with Crippen LogP contribution in [0.3, 0.4) is 0 Å². The highest BCUT2D eigenvalue weighted by Gasteiger charge is 2.44. The van der Waals surface area contributed by atoms with Gasteiger partial charge in [-0.15, -0.1) is 0 Å². The van der Waals surface area contributed by atoms with E-state index in [0.29, 0.717) is 23.9 Å². The zero-order chi connectivity index (χ0) is 22.5. The van der Waals surface area contributed by atoms with Crippen molar-refractivity contribution in [1.82, 2.24) is 0 Å². The lowest BCUT2D eigenvalue weighted by molar-refractivity contribution is -0.143. The Morgan fingerprint density at radius 3 is 1.83 bits per heavy atom. The average molecular weight is 454 g/mol. The van der Waals surface area contributed by atoms with E-state index in [-0.39, 0.29) is 18.5 Å². The van der Waals surface area contributed by atoms with Gasteiger partial charge in [0.15, 0.2) is 0 Å². The minimum atomic E-state index is -5.17. The molecule has 0 aliphatic rings. The van der Waals surface area contributed by atoms with Gasteiger partial charge in [-0.2, -0.15) is 26.3 Å². The number of hydrogen-bond donors (Lipinski definition) is 0. The smallest absolute Gasteiger partial charge is 0.417 e. The molecule has 4 nitrogen and oxygen atoms in total. The van der Waals surface area contributed by atoms with E-state index >= 15 is 0 Å². The molecule has 0 amide bonds. The van der Waals surface area contributed by atoms with Crippen LogP contribution < -0.4 is 10.0 Å². The van der Waals surface area contributed by atoms with Crippen molar-refractivity contribution in [1.29, 1.82) is 0 Å². The largest absolute Gasteiger partial charge is 0.497 e. The summed E-state index contributed by atoms with van der Waals surface area (Å²) in [5.74, 6) is 0.393. The van der Waals surface area contributed by atoms with Crippen LogP contribution in [-0.2, 0) is 21.6 Å².